The number of hydrogen-bond donors (Lipinski definition) is 1. The van der Waals surface area contributed by atoms with Crippen LogP contribution in [0.3, 0.4) is 0 Å². The molecule has 1 aromatic carbocycles. The van der Waals surface area contributed by atoms with Crippen molar-refractivity contribution in [1.82, 2.24) is 14.7 Å². The number of alkyl halides is 6. The van der Waals surface area contributed by atoms with Gasteiger partial charge in [-0.05, 0) is 50.2 Å². The zero-order valence-corrected chi connectivity index (χ0v) is 23.5. The summed E-state index contributed by atoms with van der Waals surface area (Å²) in [6.45, 7) is 5.20. The maximum Gasteiger partial charge on any atom is 0.433 e. The Labute approximate surface area is 237 Å². The molecule has 41 heavy (non-hydrogen) atoms. The van der Waals surface area contributed by atoms with Gasteiger partial charge in [0.25, 0.3) is 5.91 Å². The molecule has 1 heterocycles. The number of amides is 1. The molecule has 14 heteroatoms. The van der Waals surface area contributed by atoms with Crippen molar-refractivity contribution < 1.29 is 45.8 Å². The fraction of sp³-hybridized carbons (Fsp3) is 0.556. The highest BCUT2D eigenvalue weighted by Crippen LogP contribution is 2.44. The Hall–Kier alpha value is -3.09. The van der Waals surface area contributed by atoms with E-state index in [1.165, 1.54) is 6.92 Å². The van der Waals surface area contributed by atoms with Crippen LogP contribution in [0.1, 0.15) is 91.4 Å². The first kappa shape index (κ1) is 32.4. The van der Waals surface area contributed by atoms with Gasteiger partial charge in [-0.25, -0.2) is 0 Å². The fourth-order valence-corrected chi connectivity index (χ4v) is 5.29. The number of carbonyl (C=O) groups is 3. The van der Waals surface area contributed by atoms with E-state index < -0.39 is 80.8 Å². The highest BCUT2D eigenvalue weighted by Gasteiger charge is 2.45. The lowest BCUT2D eigenvalue weighted by molar-refractivity contribution is -0.152. The number of benzene rings is 1. The van der Waals surface area contributed by atoms with Crippen molar-refractivity contribution in [2.45, 2.75) is 71.8 Å². The quantitative estimate of drug-likeness (QED) is 0.266. The SMILES string of the molecule is CC(C)(C)CN(CC(=O)c1c(Cl)cccc1C(F)(F)F)C(=O)c1cnn([C@H]2CC[C@](C)(C(=O)O)CC2)c1C(F)(F)F. The molecule has 226 valence electrons. The van der Waals surface area contributed by atoms with E-state index in [0.29, 0.717) is 10.7 Å². The normalized spacial score (nSPS) is 20.1. The molecule has 1 aromatic heterocycles. The number of Topliss-reactive ketones (excluding diaryl/α,β-unsaturated/α-hetero) is 1. The molecule has 0 unspecified atom stereocenters. The number of halogens is 7. The number of carboxylic acids is 1. The van der Waals surface area contributed by atoms with E-state index in [4.69, 9.17) is 11.6 Å². The molecule has 1 N–H and O–H groups in total. The van der Waals surface area contributed by atoms with Crippen molar-refractivity contribution in [3.05, 3.63) is 51.8 Å². The molecule has 0 bridgehead atoms. The average Bonchev–Trinajstić information content (AvgIpc) is 3.28. The van der Waals surface area contributed by atoms with E-state index in [1.54, 1.807) is 20.8 Å². The topological polar surface area (TPSA) is 92.5 Å². The summed E-state index contributed by atoms with van der Waals surface area (Å²) in [7, 11) is 0. The summed E-state index contributed by atoms with van der Waals surface area (Å²) in [5.41, 5.74) is -6.31. The monoisotopic (exact) mass is 609 g/mol. The number of ketones is 1. The fourth-order valence-electron chi connectivity index (χ4n) is 5.01. The van der Waals surface area contributed by atoms with E-state index in [-0.39, 0.29) is 32.2 Å². The first-order valence-electron chi connectivity index (χ1n) is 12.7. The van der Waals surface area contributed by atoms with Crippen molar-refractivity contribution in [2.24, 2.45) is 10.8 Å². The molecule has 1 aliphatic rings. The van der Waals surface area contributed by atoms with Gasteiger partial charge >= 0.3 is 18.3 Å². The standard InChI is InChI=1S/C27H30ClF6N3O4/c1-24(2,3)14-36(13-19(38)20-17(26(29,30)31)6-5-7-18(20)28)22(39)16-12-35-37(21(16)27(32,33)34)15-8-10-25(4,11-9-15)23(40)41/h5-7,12,15H,8-11,13-14H2,1-4H3,(H,40,41)/t15-,25-. The van der Waals surface area contributed by atoms with Crippen LogP contribution in [0.15, 0.2) is 24.4 Å². The summed E-state index contributed by atoms with van der Waals surface area (Å²) < 4.78 is 84.6. The number of aromatic nitrogens is 2. The highest BCUT2D eigenvalue weighted by atomic mass is 35.5. The number of carboxylic acid groups (broad SMARTS) is 1. The van der Waals surface area contributed by atoms with Gasteiger partial charge in [-0.1, -0.05) is 38.4 Å². The third-order valence-corrected chi connectivity index (χ3v) is 7.41. The van der Waals surface area contributed by atoms with Crippen LogP contribution in [0.25, 0.3) is 0 Å². The molecule has 0 radical (unpaired) electrons. The summed E-state index contributed by atoms with van der Waals surface area (Å²) in [5.74, 6) is -3.49. The van der Waals surface area contributed by atoms with E-state index in [2.05, 4.69) is 5.10 Å². The second-order valence-electron chi connectivity index (χ2n) is 11.8. The second-order valence-corrected chi connectivity index (χ2v) is 12.2. The largest absolute Gasteiger partial charge is 0.481 e. The molecule has 1 amide bonds. The van der Waals surface area contributed by atoms with Crippen LogP contribution in [-0.2, 0) is 17.1 Å². The smallest absolute Gasteiger partial charge is 0.433 e. The minimum absolute atomic E-state index is 0.0676. The average molecular weight is 610 g/mol. The number of carbonyl (C=O) groups excluding carboxylic acids is 2. The van der Waals surface area contributed by atoms with Crippen molar-refractivity contribution >= 4 is 29.3 Å². The van der Waals surface area contributed by atoms with Crippen LogP contribution in [0.2, 0.25) is 5.02 Å². The predicted molar refractivity (Wildman–Crippen MR) is 137 cm³/mol. The van der Waals surface area contributed by atoms with Gasteiger partial charge in [0.05, 0.1) is 45.9 Å². The number of rotatable bonds is 7. The predicted octanol–water partition coefficient (Wildman–Crippen LogP) is 7.15. The van der Waals surface area contributed by atoms with Crippen LogP contribution >= 0.6 is 11.6 Å². The maximum absolute atomic E-state index is 14.4. The zero-order chi connectivity index (χ0) is 31.1. The summed E-state index contributed by atoms with van der Waals surface area (Å²) in [5, 5.41) is 12.8. The summed E-state index contributed by atoms with van der Waals surface area (Å²) in [6, 6.07) is 1.90. The molecule has 0 spiro atoms. The van der Waals surface area contributed by atoms with E-state index in [9.17, 15) is 45.8 Å². The summed E-state index contributed by atoms with van der Waals surface area (Å²) in [4.78, 5) is 39.1. The Morgan fingerprint density at radius 2 is 1.66 bits per heavy atom. The first-order valence-corrected chi connectivity index (χ1v) is 13.1. The Balaban J connectivity index is 2.02. The van der Waals surface area contributed by atoms with Crippen LogP contribution in [0.4, 0.5) is 26.3 Å². The van der Waals surface area contributed by atoms with E-state index in [0.717, 1.165) is 23.2 Å². The Bertz CT molecular complexity index is 1320. The third kappa shape index (κ3) is 7.22. The molecule has 1 fully saturated rings. The lowest BCUT2D eigenvalue weighted by atomic mass is 9.74. The Morgan fingerprint density at radius 1 is 1.07 bits per heavy atom. The van der Waals surface area contributed by atoms with Crippen LogP contribution in [0.5, 0.6) is 0 Å². The molecule has 0 saturated heterocycles. The van der Waals surface area contributed by atoms with Crippen molar-refractivity contribution in [1.29, 1.82) is 0 Å². The first-order chi connectivity index (χ1) is 18.7. The minimum Gasteiger partial charge on any atom is -0.481 e. The van der Waals surface area contributed by atoms with E-state index >= 15 is 0 Å². The van der Waals surface area contributed by atoms with Crippen LogP contribution in [-0.4, -0.2) is 50.5 Å². The van der Waals surface area contributed by atoms with E-state index in [1.807, 2.05) is 0 Å². The van der Waals surface area contributed by atoms with Crippen LogP contribution in [0, 0.1) is 10.8 Å². The van der Waals surface area contributed by atoms with Gasteiger partial charge in [0, 0.05) is 6.54 Å². The molecule has 2 aromatic rings. The van der Waals surface area contributed by atoms with Gasteiger partial charge in [-0.2, -0.15) is 31.4 Å². The van der Waals surface area contributed by atoms with Gasteiger partial charge < -0.3 is 10.0 Å². The van der Waals surface area contributed by atoms with Gasteiger partial charge in [0.2, 0.25) is 0 Å². The molecular weight excluding hydrogens is 580 g/mol. The molecule has 3 rings (SSSR count). The minimum atomic E-state index is -5.06. The summed E-state index contributed by atoms with van der Waals surface area (Å²) in [6.07, 6.45) is -8.95. The van der Waals surface area contributed by atoms with Crippen molar-refractivity contribution in [3.8, 4) is 0 Å². The summed E-state index contributed by atoms with van der Waals surface area (Å²) >= 11 is 5.93. The lowest BCUT2D eigenvalue weighted by Crippen LogP contribution is -2.42. The Morgan fingerprint density at radius 3 is 2.15 bits per heavy atom. The van der Waals surface area contributed by atoms with Gasteiger partial charge in [0.1, 0.15) is 0 Å². The molecule has 1 aliphatic carbocycles. The molecule has 1 saturated carbocycles. The lowest BCUT2D eigenvalue weighted by Gasteiger charge is -2.34. The van der Waals surface area contributed by atoms with Gasteiger partial charge in [0.15, 0.2) is 11.5 Å². The molecule has 0 atom stereocenters. The van der Waals surface area contributed by atoms with Crippen LogP contribution < -0.4 is 0 Å². The van der Waals surface area contributed by atoms with Crippen molar-refractivity contribution in [2.75, 3.05) is 13.1 Å². The third-order valence-electron chi connectivity index (χ3n) is 7.10. The second kappa shape index (κ2) is 11.3. The number of hydrogen-bond acceptors (Lipinski definition) is 4. The van der Waals surface area contributed by atoms with Gasteiger partial charge in [-0.15, -0.1) is 0 Å². The zero-order valence-electron chi connectivity index (χ0n) is 22.8. The Kier molecular flexibility index (Phi) is 8.93. The number of aliphatic carboxylic acids is 1. The molecule has 0 aliphatic heterocycles. The highest BCUT2D eigenvalue weighted by molar-refractivity contribution is 6.34. The van der Waals surface area contributed by atoms with Crippen molar-refractivity contribution in [3.63, 3.8) is 0 Å². The molecule has 7 nitrogen and oxygen atoms in total. The maximum atomic E-state index is 14.4. The number of nitrogens with zero attached hydrogens (tertiary/aromatic N) is 3. The molecular formula is C27H30ClF6N3O4. The van der Waals surface area contributed by atoms with Gasteiger partial charge in [-0.3, -0.25) is 19.1 Å².